The largest absolute Gasteiger partial charge is 0.339 e. The van der Waals surface area contributed by atoms with Crippen LogP contribution in [0.2, 0.25) is 0 Å². The highest BCUT2D eigenvalue weighted by Crippen LogP contribution is 2.28. The molecule has 1 saturated heterocycles. The molecule has 2 amide bonds. The zero-order chi connectivity index (χ0) is 18.8. The fourth-order valence-electron chi connectivity index (χ4n) is 4.19. The lowest BCUT2D eigenvalue weighted by molar-refractivity contribution is 0.172. The Hall–Kier alpha value is -2.37. The van der Waals surface area contributed by atoms with Crippen molar-refractivity contribution in [2.45, 2.75) is 64.3 Å². The number of aromatic nitrogens is 2. The van der Waals surface area contributed by atoms with Crippen molar-refractivity contribution in [3.8, 4) is 0 Å². The summed E-state index contributed by atoms with van der Waals surface area (Å²) in [6.45, 7) is 5.33. The van der Waals surface area contributed by atoms with E-state index in [-0.39, 0.29) is 18.0 Å². The normalized spacial score (nSPS) is 18.8. The molecule has 1 atom stereocenters. The van der Waals surface area contributed by atoms with Gasteiger partial charge in [0.25, 0.3) is 0 Å². The number of carbonyl (C=O) groups is 1. The van der Waals surface area contributed by atoms with Crippen molar-refractivity contribution in [3.63, 3.8) is 0 Å². The summed E-state index contributed by atoms with van der Waals surface area (Å²) < 4.78 is 5.29. The van der Waals surface area contributed by atoms with E-state index < -0.39 is 0 Å². The van der Waals surface area contributed by atoms with Crippen LogP contribution in [0.3, 0.4) is 0 Å². The van der Waals surface area contributed by atoms with Gasteiger partial charge in [0, 0.05) is 19.0 Å². The van der Waals surface area contributed by atoms with Gasteiger partial charge in [0.2, 0.25) is 5.89 Å². The molecule has 27 heavy (non-hydrogen) atoms. The molecule has 4 rings (SSSR count). The second-order valence-corrected chi connectivity index (χ2v) is 7.85. The highest BCUT2D eigenvalue weighted by Gasteiger charge is 2.28. The van der Waals surface area contributed by atoms with E-state index >= 15 is 0 Å². The van der Waals surface area contributed by atoms with Crippen LogP contribution in [0.15, 0.2) is 22.7 Å². The van der Waals surface area contributed by atoms with Crippen LogP contribution in [0, 0.1) is 6.92 Å². The summed E-state index contributed by atoms with van der Waals surface area (Å²) in [6, 6.07) is 6.72. The Labute approximate surface area is 160 Å². The molecule has 1 N–H and O–H groups in total. The van der Waals surface area contributed by atoms with Crippen molar-refractivity contribution < 1.29 is 9.32 Å². The molecule has 0 unspecified atom stereocenters. The number of hydrogen-bond donors (Lipinski definition) is 1. The molecule has 0 saturated carbocycles. The Morgan fingerprint density at radius 2 is 1.96 bits per heavy atom. The first-order valence-electron chi connectivity index (χ1n) is 10.1. The number of piperidine rings is 1. The number of nitrogens with zero attached hydrogens (tertiary/aromatic N) is 3. The first kappa shape index (κ1) is 18.0. The van der Waals surface area contributed by atoms with Crippen molar-refractivity contribution in [1.29, 1.82) is 0 Å². The minimum absolute atomic E-state index is 0.0142. The van der Waals surface area contributed by atoms with Crippen molar-refractivity contribution in [3.05, 3.63) is 46.6 Å². The SMILES string of the molecule is Cc1noc(C2CCN(C(=O)N[C@H](C)c3ccc4c(c3)CCCC4)CC2)n1. The van der Waals surface area contributed by atoms with E-state index in [1.165, 1.54) is 36.0 Å². The van der Waals surface area contributed by atoms with Crippen molar-refractivity contribution in [1.82, 2.24) is 20.4 Å². The third-order valence-corrected chi connectivity index (χ3v) is 5.89. The lowest BCUT2D eigenvalue weighted by Gasteiger charge is -2.31. The van der Waals surface area contributed by atoms with E-state index in [2.05, 4.69) is 40.6 Å². The second kappa shape index (κ2) is 7.71. The first-order chi connectivity index (χ1) is 13.1. The van der Waals surface area contributed by atoms with Crippen LogP contribution in [0.25, 0.3) is 0 Å². The third-order valence-electron chi connectivity index (χ3n) is 5.89. The number of fused-ring (bicyclic) bond motifs is 1. The van der Waals surface area contributed by atoms with E-state index in [1.54, 1.807) is 0 Å². The van der Waals surface area contributed by atoms with Gasteiger partial charge in [0.1, 0.15) is 0 Å². The molecule has 1 aliphatic heterocycles. The summed E-state index contributed by atoms with van der Waals surface area (Å²) in [5.74, 6) is 1.63. The zero-order valence-electron chi connectivity index (χ0n) is 16.2. The van der Waals surface area contributed by atoms with Gasteiger partial charge in [-0.3, -0.25) is 0 Å². The van der Waals surface area contributed by atoms with Gasteiger partial charge in [-0.25, -0.2) is 4.79 Å². The molecule has 0 bridgehead atoms. The summed E-state index contributed by atoms with van der Waals surface area (Å²) in [7, 11) is 0. The van der Waals surface area contributed by atoms with Crippen LogP contribution >= 0.6 is 0 Å². The molecule has 6 nitrogen and oxygen atoms in total. The lowest BCUT2D eigenvalue weighted by Crippen LogP contribution is -2.44. The fourth-order valence-corrected chi connectivity index (χ4v) is 4.19. The number of hydrogen-bond acceptors (Lipinski definition) is 4. The standard InChI is InChI=1S/C21H28N4O2/c1-14(18-8-7-16-5-3-4-6-19(16)13-18)22-21(26)25-11-9-17(10-12-25)20-23-15(2)24-27-20/h7-8,13-14,17H,3-6,9-12H2,1-2H3,(H,22,26)/t14-/m1/s1. The predicted octanol–water partition coefficient (Wildman–Crippen LogP) is 3.91. The van der Waals surface area contributed by atoms with Gasteiger partial charge in [-0.1, -0.05) is 23.4 Å². The zero-order valence-corrected chi connectivity index (χ0v) is 16.2. The molecule has 0 spiro atoms. The Morgan fingerprint density at radius 3 is 2.67 bits per heavy atom. The third kappa shape index (κ3) is 3.99. The summed E-state index contributed by atoms with van der Waals surface area (Å²) in [6.07, 6.45) is 6.63. The molecule has 1 fully saturated rings. The summed E-state index contributed by atoms with van der Waals surface area (Å²) in [5, 5.41) is 7.04. The van der Waals surface area contributed by atoms with Crippen LogP contribution in [-0.4, -0.2) is 34.2 Å². The number of nitrogens with one attached hydrogen (secondary N) is 1. The number of amides is 2. The molecule has 1 aromatic carbocycles. The van der Waals surface area contributed by atoms with Crippen LogP contribution in [0.5, 0.6) is 0 Å². The van der Waals surface area contributed by atoms with Gasteiger partial charge in [0.15, 0.2) is 5.82 Å². The van der Waals surface area contributed by atoms with E-state index in [0.717, 1.165) is 32.4 Å². The topological polar surface area (TPSA) is 71.3 Å². The molecule has 0 radical (unpaired) electrons. The maximum atomic E-state index is 12.7. The fraction of sp³-hybridized carbons (Fsp3) is 0.571. The number of rotatable bonds is 3. The van der Waals surface area contributed by atoms with Gasteiger partial charge in [-0.05, 0) is 69.1 Å². The number of urea groups is 1. The molecule has 144 valence electrons. The minimum atomic E-state index is 0.0142. The maximum Gasteiger partial charge on any atom is 0.317 e. The Kier molecular flexibility index (Phi) is 5.14. The summed E-state index contributed by atoms with van der Waals surface area (Å²) in [5.41, 5.74) is 4.12. The van der Waals surface area contributed by atoms with E-state index in [0.29, 0.717) is 11.7 Å². The average Bonchev–Trinajstić information content (AvgIpc) is 3.14. The Morgan fingerprint density at radius 1 is 1.22 bits per heavy atom. The maximum absolute atomic E-state index is 12.7. The van der Waals surface area contributed by atoms with E-state index in [9.17, 15) is 4.79 Å². The van der Waals surface area contributed by atoms with Crippen molar-refractivity contribution >= 4 is 6.03 Å². The molecule has 6 heteroatoms. The molecule has 2 heterocycles. The first-order valence-corrected chi connectivity index (χ1v) is 10.1. The van der Waals surface area contributed by atoms with Crippen LogP contribution in [0.1, 0.15) is 73.0 Å². The predicted molar refractivity (Wildman–Crippen MR) is 103 cm³/mol. The van der Waals surface area contributed by atoms with Crippen LogP contribution in [-0.2, 0) is 12.8 Å². The number of carbonyl (C=O) groups excluding carboxylic acids is 1. The minimum Gasteiger partial charge on any atom is -0.339 e. The molecule has 2 aliphatic rings. The van der Waals surface area contributed by atoms with Gasteiger partial charge in [-0.15, -0.1) is 0 Å². The summed E-state index contributed by atoms with van der Waals surface area (Å²) >= 11 is 0. The highest BCUT2D eigenvalue weighted by molar-refractivity contribution is 5.74. The Balaban J connectivity index is 1.32. The molecule has 2 aromatic rings. The second-order valence-electron chi connectivity index (χ2n) is 7.85. The Bertz CT molecular complexity index is 808. The van der Waals surface area contributed by atoms with E-state index in [4.69, 9.17) is 4.52 Å². The number of benzene rings is 1. The van der Waals surface area contributed by atoms with Gasteiger partial charge >= 0.3 is 6.03 Å². The van der Waals surface area contributed by atoms with Gasteiger partial charge in [-0.2, -0.15) is 4.98 Å². The average molecular weight is 368 g/mol. The number of likely N-dealkylation sites (tertiary alicyclic amines) is 1. The molecular formula is C21H28N4O2. The van der Waals surface area contributed by atoms with Crippen molar-refractivity contribution in [2.75, 3.05) is 13.1 Å². The van der Waals surface area contributed by atoms with Crippen LogP contribution < -0.4 is 5.32 Å². The highest BCUT2D eigenvalue weighted by atomic mass is 16.5. The van der Waals surface area contributed by atoms with Gasteiger partial charge in [0.05, 0.1) is 6.04 Å². The molecular weight excluding hydrogens is 340 g/mol. The quantitative estimate of drug-likeness (QED) is 0.892. The smallest absolute Gasteiger partial charge is 0.317 e. The van der Waals surface area contributed by atoms with Crippen molar-refractivity contribution in [2.24, 2.45) is 0 Å². The molecule has 1 aliphatic carbocycles. The van der Waals surface area contributed by atoms with E-state index in [1.807, 2.05) is 11.8 Å². The summed E-state index contributed by atoms with van der Waals surface area (Å²) in [4.78, 5) is 18.9. The lowest BCUT2D eigenvalue weighted by atomic mass is 9.89. The van der Waals surface area contributed by atoms with Gasteiger partial charge < -0.3 is 14.7 Å². The molecule has 1 aromatic heterocycles. The monoisotopic (exact) mass is 368 g/mol. The van der Waals surface area contributed by atoms with Crippen LogP contribution in [0.4, 0.5) is 4.79 Å². The number of aryl methyl sites for hydroxylation is 3.